The molecule has 0 fully saturated rings. The highest BCUT2D eigenvalue weighted by atomic mass is 16.4. The third kappa shape index (κ3) is 4.30. The second-order valence-electron chi connectivity index (χ2n) is 5.00. The summed E-state index contributed by atoms with van der Waals surface area (Å²) in [5, 5.41) is 9.07. The highest BCUT2D eigenvalue weighted by Crippen LogP contribution is 2.26. The first kappa shape index (κ1) is 13.0. The summed E-state index contributed by atoms with van der Waals surface area (Å²) in [4.78, 5) is 12.9. The summed E-state index contributed by atoms with van der Waals surface area (Å²) < 4.78 is 0. The fourth-order valence-corrected chi connectivity index (χ4v) is 1.16. The molecule has 0 spiro atoms. The molecule has 0 aliphatic carbocycles. The van der Waals surface area contributed by atoms with Crippen molar-refractivity contribution in [3.63, 3.8) is 0 Å². The molecule has 0 heterocycles. The molecule has 0 rings (SSSR count). The number of carbonyl (C=O) groups is 1. The van der Waals surface area contributed by atoms with Gasteiger partial charge in [-0.1, -0.05) is 20.8 Å². The number of carboxylic acid groups (broad SMARTS) is 1. The molecule has 0 bridgehead atoms. The zero-order valence-corrected chi connectivity index (χ0v) is 10.0. The Balaban J connectivity index is 4.97. The van der Waals surface area contributed by atoms with Crippen molar-refractivity contribution in [1.29, 1.82) is 0 Å². The lowest BCUT2D eigenvalue weighted by molar-refractivity contribution is -0.133. The van der Waals surface area contributed by atoms with Gasteiger partial charge in [0.1, 0.15) is 0 Å². The van der Waals surface area contributed by atoms with Gasteiger partial charge in [0, 0.05) is 19.8 Å². The van der Waals surface area contributed by atoms with E-state index < -0.39 is 5.97 Å². The average molecular weight is 199 g/mol. The smallest absolute Gasteiger partial charge is 0.333 e. The molecule has 0 saturated heterocycles. The van der Waals surface area contributed by atoms with E-state index in [0.717, 1.165) is 5.70 Å². The first-order valence-electron chi connectivity index (χ1n) is 4.75. The van der Waals surface area contributed by atoms with Crippen LogP contribution >= 0.6 is 0 Å². The average Bonchev–Trinajstić information content (AvgIpc) is 1.96. The number of aliphatic carboxylic acids is 1. The topological polar surface area (TPSA) is 40.5 Å². The Bertz CT molecular complexity index is 247. The van der Waals surface area contributed by atoms with E-state index in [1.165, 1.54) is 0 Å². The zero-order chi connectivity index (χ0) is 11.5. The molecule has 3 nitrogen and oxygen atoms in total. The number of nitrogens with zero attached hydrogens (tertiary/aromatic N) is 1. The van der Waals surface area contributed by atoms with Gasteiger partial charge in [0.2, 0.25) is 0 Å². The van der Waals surface area contributed by atoms with Crippen LogP contribution in [-0.4, -0.2) is 30.1 Å². The van der Waals surface area contributed by atoms with Crippen molar-refractivity contribution >= 4 is 5.97 Å². The Hall–Kier alpha value is -0.990. The quantitative estimate of drug-likeness (QED) is 0.709. The highest BCUT2D eigenvalue weighted by Gasteiger charge is 2.20. The second-order valence-corrected chi connectivity index (χ2v) is 5.00. The van der Waals surface area contributed by atoms with Gasteiger partial charge in [-0.05, 0) is 18.8 Å². The molecule has 0 aliphatic heterocycles. The first-order valence-corrected chi connectivity index (χ1v) is 4.75. The van der Waals surface area contributed by atoms with Gasteiger partial charge in [0.25, 0.3) is 0 Å². The van der Waals surface area contributed by atoms with Gasteiger partial charge in [-0.15, -0.1) is 0 Å². The highest BCUT2D eigenvalue weighted by molar-refractivity contribution is 5.87. The lowest BCUT2D eigenvalue weighted by atomic mass is 9.87. The largest absolute Gasteiger partial charge is 0.478 e. The molecule has 14 heavy (non-hydrogen) atoms. The van der Waals surface area contributed by atoms with Gasteiger partial charge < -0.3 is 10.0 Å². The maximum atomic E-state index is 11.0. The minimum absolute atomic E-state index is 0.00495. The lowest BCUT2D eigenvalue weighted by Crippen LogP contribution is -2.19. The van der Waals surface area contributed by atoms with Crippen molar-refractivity contribution < 1.29 is 9.90 Å². The summed E-state index contributed by atoms with van der Waals surface area (Å²) in [6, 6.07) is 0. The molecule has 82 valence electrons. The first-order chi connectivity index (χ1) is 6.15. The number of rotatable bonds is 3. The maximum absolute atomic E-state index is 11.0. The zero-order valence-electron chi connectivity index (χ0n) is 10.0. The van der Waals surface area contributed by atoms with E-state index >= 15 is 0 Å². The Kier molecular flexibility index (Phi) is 4.17. The van der Waals surface area contributed by atoms with E-state index in [0.29, 0.717) is 12.0 Å². The Morgan fingerprint density at radius 3 is 1.93 bits per heavy atom. The predicted octanol–water partition coefficient (Wildman–Crippen LogP) is 2.34. The Labute approximate surface area is 86.4 Å². The number of hydrogen-bond donors (Lipinski definition) is 1. The molecule has 0 radical (unpaired) electrons. The summed E-state index contributed by atoms with van der Waals surface area (Å²) in [7, 11) is 3.72. The van der Waals surface area contributed by atoms with E-state index in [4.69, 9.17) is 5.11 Å². The van der Waals surface area contributed by atoms with Crippen LogP contribution in [0.4, 0.5) is 0 Å². The molecule has 0 aliphatic rings. The number of hydrogen-bond acceptors (Lipinski definition) is 2. The minimum Gasteiger partial charge on any atom is -0.478 e. The molecular formula is C11H21NO2. The summed E-state index contributed by atoms with van der Waals surface area (Å²) in [5.74, 6) is -0.814. The monoisotopic (exact) mass is 199 g/mol. The standard InChI is InChI=1S/C11H21NO2/c1-8(12(5)6)9(10(13)14)7-11(2,3)4/h7H2,1-6H3,(H,13,14). The van der Waals surface area contributed by atoms with E-state index in [1.807, 2.05) is 46.7 Å². The van der Waals surface area contributed by atoms with Crippen LogP contribution in [0.5, 0.6) is 0 Å². The molecule has 0 unspecified atom stereocenters. The van der Waals surface area contributed by atoms with Crippen molar-refractivity contribution in [3.05, 3.63) is 11.3 Å². The summed E-state index contributed by atoms with van der Waals surface area (Å²) >= 11 is 0. The fraction of sp³-hybridized carbons (Fsp3) is 0.727. The van der Waals surface area contributed by atoms with Crippen molar-refractivity contribution in [3.8, 4) is 0 Å². The minimum atomic E-state index is -0.814. The fourth-order valence-electron chi connectivity index (χ4n) is 1.16. The summed E-state index contributed by atoms with van der Waals surface area (Å²) in [6.07, 6.45) is 0.590. The van der Waals surface area contributed by atoms with Crippen LogP contribution in [0.3, 0.4) is 0 Å². The van der Waals surface area contributed by atoms with Crippen molar-refractivity contribution in [2.45, 2.75) is 34.1 Å². The SMILES string of the molecule is CC(=C(CC(C)(C)C)C(=O)O)N(C)C. The molecule has 0 aromatic rings. The van der Waals surface area contributed by atoms with E-state index in [-0.39, 0.29) is 5.41 Å². The molecule has 3 heteroatoms. The van der Waals surface area contributed by atoms with Crippen LogP contribution in [-0.2, 0) is 4.79 Å². The summed E-state index contributed by atoms with van der Waals surface area (Å²) in [5.41, 5.74) is 1.33. The molecule has 0 amide bonds. The second kappa shape index (κ2) is 4.49. The molecule has 0 atom stereocenters. The molecule has 0 aromatic heterocycles. The van der Waals surface area contributed by atoms with Crippen LogP contribution in [0.2, 0.25) is 0 Å². The predicted molar refractivity (Wildman–Crippen MR) is 58.1 cm³/mol. The van der Waals surface area contributed by atoms with E-state index in [1.54, 1.807) is 0 Å². The molecule has 0 aromatic carbocycles. The van der Waals surface area contributed by atoms with Crippen molar-refractivity contribution in [2.75, 3.05) is 14.1 Å². The molecule has 0 saturated carbocycles. The Morgan fingerprint density at radius 2 is 1.71 bits per heavy atom. The van der Waals surface area contributed by atoms with E-state index in [2.05, 4.69) is 0 Å². The van der Waals surface area contributed by atoms with E-state index in [9.17, 15) is 4.79 Å². The van der Waals surface area contributed by atoms with Crippen molar-refractivity contribution in [1.82, 2.24) is 4.90 Å². The molecule has 1 N–H and O–H groups in total. The lowest BCUT2D eigenvalue weighted by Gasteiger charge is -2.22. The van der Waals surface area contributed by atoms with Gasteiger partial charge in [-0.2, -0.15) is 0 Å². The van der Waals surface area contributed by atoms with Gasteiger partial charge in [-0.3, -0.25) is 0 Å². The van der Waals surface area contributed by atoms with Crippen LogP contribution in [0.15, 0.2) is 11.3 Å². The number of carboxylic acids is 1. The third-order valence-electron chi connectivity index (χ3n) is 2.07. The maximum Gasteiger partial charge on any atom is 0.333 e. The van der Waals surface area contributed by atoms with Crippen LogP contribution in [0.1, 0.15) is 34.1 Å². The van der Waals surface area contributed by atoms with Gasteiger partial charge in [0.15, 0.2) is 0 Å². The normalized spacial score (nSPS) is 13.6. The third-order valence-corrected chi connectivity index (χ3v) is 2.07. The van der Waals surface area contributed by atoms with Crippen LogP contribution in [0, 0.1) is 5.41 Å². The summed E-state index contributed by atoms with van der Waals surface area (Å²) in [6.45, 7) is 7.96. The Morgan fingerprint density at radius 1 is 1.29 bits per heavy atom. The number of allylic oxidation sites excluding steroid dienone is 1. The van der Waals surface area contributed by atoms with Gasteiger partial charge in [-0.25, -0.2) is 4.79 Å². The van der Waals surface area contributed by atoms with Crippen molar-refractivity contribution in [2.24, 2.45) is 5.41 Å². The van der Waals surface area contributed by atoms with Crippen LogP contribution < -0.4 is 0 Å². The van der Waals surface area contributed by atoms with Gasteiger partial charge in [0.05, 0.1) is 5.57 Å². The van der Waals surface area contributed by atoms with Gasteiger partial charge >= 0.3 is 5.97 Å². The molecular weight excluding hydrogens is 178 g/mol. The van der Waals surface area contributed by atoms with Crippen LogP contribution in [0.25, 0.3) is 0 Å².